The van der Waals surface area contributed by atoms with Gasteiger partial charge in [-0.2, -0.15) is 5.26 Å². The van der Waals surface area contributed by atoms with Crippen LogP contribution in [0.2, 0.25) is 0 Å². The molecule has 0 radical (unpaired) electrons. The van der Waals surface area contributed by atoms with E-state index >= 15 is 0 Å². The average molecular weight is 267 g/mol. The molecule has 0 N–H and O–H groups in total. The highest BCUT2D eigenvalue weighted by Crippen LogP contribution is 2.32. The lowest BCUT2D eigenvalue weighted by molar-refractivity contribution is -0.145. The highest BCUT2D eigenvalue weighted by atomic mass is 16.5. The van der Waals surface area contributed by atoms with Crippen molar-refractivity contribution in [3.8, 4) is 6.07 Å². The van der Waals surface area contributed by atoms with Gasteiger partial charge in [-0.1, -0.05) is 0 Å². The Labute approximate surface area is 116 Å². The van der Waals surface area contributed by atoms with Gasteiger partial charge in [0.15, 0.2) is 0 Å². The van der Waals surface area contributed by atoms with E-state index in [0.717, 1.165) is 6.54 Å². The zero-order valence-corrected chi connectivity index (χ0v) is 12.5. The van der Waals surface area contributed by atoms with Crippen molar-refractivity contribution in [1.29, 1.82) is 5.26 Å². The number of carbonyl (C=O) groups excluding carboxylic acids is 1. The third kappa shape index (κ3) is 3.68. The summed E-state index contributed by atoms with van der Waals surface area (Å²) in [6.07, 6.45) is 1.01. The number of nitriles is 1. The van der Waals surface area contributed by atoms with E-state index in [4.69, 9.17) is 4.74 Å². The van der Waals surface area contributed by atoms with Crippen molar-refractivity contribution in [2.45, 2.75) is 32.7 Å². The van der Waals surface area contributed by atoms with E-state index in [9.17, 15) is 10.1 Å². The SMILES string of the molecule is CCN(C(=O)C1(C#N)CCOCC1)C(C)CN(C)C. The number of ether oxygens (including phenoxy) is 1. The van der Waals surface area contributed by atoms with Crippen LogP contribution in [0.4, 0.5) is 0 Å². The summed E-state index contributed by atoms with van der Waals surface area (Å²) in [5, 5.41) is 9.46. The minimum Gasteiger partial charge on any atom is -0.381 e. The van der Waals surface area contributed by atoms with E-state index in [1.54, 1.807) is 0 Å². The molecule has 5 heteroatoms. The van der Waals surface area contributed by atoms with Crippen LogP contribution >= 0.6 is 0 Å². The normalized spacial score (nSPS) is 19.8. The maximum atomic E-state index is 12.7. The first-order chi connectivity index (χ1) is 8.96. The van der Waals surface area contributed by atoms with Crippen LogP contribution in [-0.4, -0.2) is 62.1 Å². The number of rotatable bonds is 5. The molecule has 1 fully saturated rings. The van der Waals surface area contributed by atoms with E-state index < -0.39 is 5.41 Å². The summed E-state index contributed by atoms with van der Waals surface area (Å²) in [6, 6.07) is 2.37. The summed E-state index contributed by atoms with van der Waals surface area (Å²) >= 11 is 0. The number of carbonyl (C=O) groups is 1. The second-order valence-corrected chi connectivity index (χ2v) is 5.51. The molecule has 0 bridgehead atoms. The molecule has 19 heavy (non-hydrogen) atoms. The van der Waals surface area contributed by atoms with Gasteiger partial charge in [0, 0.05) is 32.3 Å². The molecule has 0 aromatic carbocycles. The average Bonchev–Trinajstić information content (AvgIpc) is 2.39. The van der Waals surface area contributed by atoms with Crippen molar-refractivity contribution in [3.63, 3.8) is 0 Å². The van der Waals surface area contributed by atoms with E-state index in [1.165, 1.54) is 0 Å². The molecule has 1 atom stereocenters. The summed E-state index contributed by atoms with van der Waals surface area (Å²) in [5.41, 5.74) is -0.880. The number of hydrogen-bond acceptors (Lipinski definition) is 4. The predicted octanol–water partition coefficient (Wildman–Crippen LogP) is 1.11. The van der Waals surface area contributed by atoms with Crippen LogP contribution < -0.4 is 0 Å². The first-order valence-electron chi connectivity index (χ1n) is 6.91. The van der Waals surface area contributed by atoms with Crippen LogP contribution in [0.3, 0.4) is 0 Å². The van der Waals surface area contributed by atoms with Gasteiger partial charge in [-0.15, -0.1) is 0 Å². The Kier molecular flexibility index (Phi) is 5.77. The van der Waals surface area contributed by atoms with E-state index in [0.29, 0.717) is 32.6 Å². The van der Waals surface area contributed by atoms with Gasteiger partial charge in [0.05, 0.1) is 6.07 Å². The quantitative estimate of drug-likeness (QED) is 0.748. The monoisotopic (exact) mass is 267 g/mol. The fourth-order valence-corrected chi connectivity index (χ4v) is 2.65. The van der Waals surface area contributed by atoms with Crippen LogP contribution in [0.1, 0.15) is 26.7 Å². The van der Waals surface area contributed by atoms with E-state index in [1.807, 2.05) is 32.8 Å². The topological polar surface area (TPSA) is 56.6 Å². The molecule has 5 nitrogen and oxygen atoms in total. The van der Waals surface area contributed by atoms with Crippen LogP contribution in [0.15, 0.2) is 0 Å². The lowest BCUT2D eigenvalue weighted by atomic mass is 9.80. The molecule has 108 valence electrons. The molecule has 0 spiro atoms. The Bertz CT molecular complexity index is 343. The molecule has 1 aliphatic rings. The van der Waals surface area contributed by atoms with Gasteiger partial charge in [-0.3, -0.25) is 4.79 Å². The van der Waals surface area contributed by atoms with Crippen molar-refractivity contribution >= 4 is 5.91 Å². The van der Waals surface area contributed by atoms with Crippen LogP contribution in [-0.2, 0) is 9.53 Å². The smallest absolute Gasteiger partial charge is 0.243 e. The summed E-state index contributed by atoms with van der Waals surface area (Å²) < 4.78 is 5.29. The molecular formula is C14H25N3O2. The molecule has 1 saturated heterocycles. The number of hydrogen-bond donors (Lipinski definition) is 0. The fourth-order valence-electron chi connectivity index (χ4n) is 2.65. The van der Waals surface area contributed by atoms with Crippen LogP contribution in [0, 0.1) is 16.7 Å². The minimum absolute atomic E-state index is 0.0323. The Hall–Kier alpha value is -1.12. The van der Waals surface area contributed by atoms with Gasteiger partial charge >= 0.3 is 0 Å². The molecule has 1 rings (SSSR count). The van der Waals surface area contributed by atoms with E-state index in [2.05, 4.69) is 11.0 Å². The standard InChI is InChI=1S/C14H25N3O2/c1-5-17(12(2)10-16(3)4)13(18)14(11-15)6-8-19-9-7-14/h12H,5-10H2,1-4H3. The highest BCUT2D eigenvalue weighted by Gasteiger charge is 2.43. The van der Waals surface area contributed by atoms with E-state index in [-0.39, 0.29) is 11.9 Å². The number of nitrogens with zero attached hydrogens (tertiary/aromatic N) is 3. The number of likely N-dealkylation sites (N-methyl/N-ethyl adjacent to an activating group) is 2. The summed E-state index contributed by atoms with van der Waals surface area (Å²) in [5.74, 6) is -0.0323. The fraction of sp³-hybridized carbons (Fsp3) is 0.857. The third-order valence-corrected chi connectivity index (χ3v) is 3.73. The predicted molar refractivity (Wildman–Crippen MR) is 73.5 cm³/mol. The Morgan fingerprint density at radius 2 is 2.00 bits per heavy atom. The van der Waals surface area contributed by atoms with Crippen LogP contribution in [0.5, 0.6) is 0 Å². The second kappa shape index (κ2) is 6.88. The van der Waals surface area contributed by atoms with Crippen molar-refractivity contribution in [1.82, 2.24) is 9.80 Å². The van der Waals surface area contributed by atoms with Crippen molar-refractivity contribution in [2.24, 2.45) is 5.41 Å². The third-order valence-electron chi connectivity index (χ3n) is 3.73. The first-order valence-corrected chi connectivity index (χ1v) is 6.91. The molecule has 0 aromatic rings. The Morgan fingerprint density at radius 1 is 1.42 bits per heavy atom. The molecule has 0 saturated carbocycles. The first kappa shape index (κ1) is 15.9. The number of amides is 1. The highest BCUT2D eigenvalue weighted by molar-refractivity contribution is 5.85. The van der Waals surface area contributed by atoms with Gasteiger partial charge in [0.2, 0.25) is 5.91 Å². The van der Waals surface area contributed by atoms with Gasteiger partial charge in [0.25, 0.3) is 0 Å². The van der Waals surface area contributed by atoms with Crippen LogP contribution in [0.25, 0.3) is 0 Å². The van der Waals surface area contributed by atoms with Crippen molar-refractivity contribution in [2.75, 3.05) is 40.4 Å². The second-order valence-electron chi connectivity index (χ2n) is 5.51. The van der Waals surface area contributed by atoms with Crippen molar-refractivity contribution in [3.05, 3.63) is 0 Å². The molecule has 0 aliphatic carbocycles. The summed E-state index contributed by atoms with van der Waals surface area (Å²) in [4.78, 5) is 16.6. The Morgan fingerprint density at radius 3 is 2.42 bits per heavy atom. The molecule has 1 aliphatic heterocycles. The van der Waals surface area contributed by atoms with Gasteiger partial charge in [0.1, 0.15) is 5.41 Å². The maximum absolute atomic E-state index is 12.7. The summed E-state index contributed by atoms with van der Waals surface area (Å²) in [7, 11) is 3.98. The van der Waals surface area contributed by atoms with Gasteiger partial charge in [-0.25, -0.2) is 0 Å². The molecular weight excluding hydrogens is 242 g/mol. The zero-order valence-electron chi connectivity index (χ0n) is 12.5. The van der Waals surface area contributed by atoms with Gasteiger partial charge in [-0.05, 0) is 40.8 Å². The lowest BCUT2D eigenvalue weighted by Gasteiger charge is -2.38. The van der Waals surface area contributed by atoms with Gasteiger partial charge < -0.3 is 14.5 Å². The maximum Gasteiger partial charge on any atom is 0.243 e. The largest absolute Gasteiger partial charge is 0.381 e. The molecule has 1 unspecified atom stereocenters. The molecule has 1 heterocycles. The molecule has 1 amide bonds. The zero-order chi connectivity index (χ0) is 14.5. The van der Waals surface area contributed by atoms with Crippen molar-refractivity contribution < 1.29 is 9.53 Å². The lowest BCUT2D eigenvalue weighted by Crippen LogP contribution is -2.51. The summed E-state index contributed by atoms with van der Waals surface area (Å²) in [6.45, 7) is 6.44. The molecule has 0 aromatic heterocycles. The minimum atomic E-state index is -0.880. The Balaban J connectivity index is 2.84.